The van der Waals surface area contributed by atoms with Gasteiger partial charge in [0.2, 0.25) is 0 Å². The summed E-state index contributed by atoms with van der Waals surface area (Å²) in [6, 6.07) is 0. The molecule has 17 heavy (non-hydrogen) atoms. The Labute approximate surface area is 110 Å². The summed E-state index contributed by atoms with van der Waals surface area (Å²) >= 11 is 3.55. The number of aryl methyl sites for hydroxylation is 2. The van der Waals surface area contributed by atoms with Crippen LogP contribution in [0.4, 0.5) is 0 Å². The Morgan fingerprint density at radius 1 is 1.59 bits per heavy atom. The Bertz CT molecular complexity index is 411. The monoisotopic (exact) mass is 302 g/mol. The number of aliphatic hydroxyl groups is 1. The van der Waals surface area contributed by atoms with E-state index >= 15 is 0 Å². The van der Waals surface area contributed by atoms with Gasteiger partial charge in [0.05, 0.1) is 27.6 Å². The molecule has 0 radical (unpaired) electrons. The molecule has 1 aromatic rings. The average molecular weight is 303 g/mol. The molecule has 2 rings (SSSR count). The first-order valence-electron chi connectivity index (χ1n) is 5.96. The van der Waals surface area contributed by atoms with E-state index in [1.54, 1.807) is 7.11 Å². The van der Waals surface area contributed by atoms with Gasteiger partial charge in [-0.2, -0.15) is 5.10 Å². The van der Waals surface area contributed by atoms with Crippen LogP contribution in [0.25, 0.3) is 0 Å². The van der Waals surface area contributed by atoms with Crippen LogP contribution < -0.4 is 0 Å². The summed E-state index contributed by atoms with van der Waals surface area (Å²) in [6.45, 7) is 4.86. The molecule has 0 amide bonds. The molecule has 0 saturated heterocycles. The van der Waals surface area contributed by atoms with E-state index in [1.807, 2.05) is 11.6 Å². The number of ether oxygens (including phenoxy) is 1. The van der Waals surface area contributed by atoms with Crippen molar-refractivity contribution in [2.45, 2.75) is 51.4 Å². The first-order chi connectivity index (χ1) is 7.99. The zero-order valence-corrected chi connectivity index (χ0v) is 12.1. The highest BCUT2D eigenvalue weighted by atomic mass is 79.9. The van der Waals surface area contributed by atoms with E-state index in [1.165, 1.54) is 0 Å². The summed E-state index contributed by atoms with van der Waals surface area (Å²) < 4.78 is 8.19. The number of hydrogen-bond donors (Lipinski definition) is 1. The van der Waals surface area contributed by atoms with E-state index in [0.29, 0.717) is 19.3 Å². The first kappa shape index (κ1) is 13.1. The van der Waals surface area contributed by atoms with Crippen LogP contribution in [0.15, 0.2) is 4.47 Å². The molecule has 1 aliphatic rings. The van der Waals surface area contributed by atoms with Crippen molar-refractivity contribution in [2.75, 3.05) is 7.11 Å². The van der Waals surface area contributed by atoms with E-state index in [2.05, 4.69) is 28.0 Å². The van der Waals surface area contributed by atoms with Crippen LogP contribution in [-0.4, -0.2) is 33.7 Å². The summed E-state index contributed by atoms with van der Waals surface area (Å²) in [7, 11) is 1.70. The van der Waals surface area contributed by atoms with Crippen LogP contribution in [0, 0.1) is 6.92 Å². The van der Waals surface area contributed by atoms with Crippen LogP contribution >= 0.6 is 15.9 Å². The normalized spacial score (nSPS) is 28.2. The Hall–Kier alpha value is -0.390. The van der Waals surface area contributed by atoms with Gasteiger partial charge in [-0.1, -0.05) is 0 Å². The number of hydrogen-bond acceptors (Lipinski definition) is 3. The van der Waals surface area contributed by atoms with E-state index in [0.717, 1.165) is 22.4 Å². The molecule has 1 aromatic heterocycles. The summed E-state index contributed by atoms with van der Waals surface area (Å²) in [5.74, 6) is 0. The summed E-state index contributed by atoms with van der Waals surface area (Å²) in [6.07, 6.45) is 2.27. The third-order valence-electron chi connectivity index (χ3n) is 3.50. The van der Waals surface area contributed by atoms with Gasteiger partial charge in [0.15, 0.2) is 0 Å². The van der Waals surface area contributed by atoms with Crippen molar-refractivity contribution in [1.29, 1.82) is 0 Å². The topological polar surface area (TPSA) is 47.3 Å². The fraction of sp³-hybridized carbons (Fsp3) is 0.750. The number of halogens is 1. The third kappa shape index (κ3) is 2.41. The highest BCUT2D eigenvalue weighted by Gasteiger charge is 2.44. The van der Waals surface area contributed by atoms with E-state index in [4.69, 9.17) is 4.74 Å². The zero-order valence-electron chi connectivity index (χ0n) is 10.5. The SMILES string of the molecule is CCn1nc(C)c(Br)c1CC1(O)CC(OC)C1. The molecule has 96 valence electrons. The van der Waals surface area contributed by atoms with Crippen LogP contribution in [0.1, 0.15) is 31.2 Å². The smallest absolute Gasteiger partial charge is 0.0752 e. The van der Waals surface area contributed by atoms with Gasteiger partial charge in [0.1, 0.15) is 0 Å². The highest BCUT2D eigenvalue weighted by Crippen LogP contribution is 2.38. The summed E-state index contributed by atoms with van der Waals surface area (Å²) in [4.78, 5) is 0. The van der Waals surface area contributed by atoms with E-state index < -0.39 is 5.60 Å². The predicted molar refractivity (Wildman–Crippen MR) is 69.0 cm³/mol. The fourth-order valence-corrected chi connectivity index (χ4v) is 2.87. The molecule has 1 N–H and O–H groups in total. The number of aromatic nitrogens is 2. The van der Waals surface area contributed by atoms with Crippen molar-refractivity contribution in [2.24, 2.45) is 0 Å². The van der Waals surface area contributed by atoms with Gasteiger partial charge >= 0.3 is 0 Å². The molecule has 1 aliphatic carbocycles. The second-order valence-corrected chi connectivity index (χ2v) is 5.62. The van der Waals surface area contributed by atoms with Gasteiger partial charge in [0, 0.05) is 32.9 Å². The largest absolute Gasteiger partial charge is 0.389 e. The molecule has 0 bridgehead atoms. The quantitative estimate of drug-likeness (QED) is 0.926. The maximum atomic E-state index is 10.4. The van der Waals surface area contributed by atoms with Crippen LogP contribution in [0.2, 0.25) is 0 Å². The Morgan fingerprint density at radius 2 is 2.24 bits per heavy atom. The lowest BCUT2D eigenvalue weighted by molar-refractivity contribution is -0.127. The molecule has 0 aliphatic heterocycles. The van der Waals surface area contributed by atoms with Gasteiger partial charge < -0.3 is 9.84 Å². The molecule has 1 saturated carbocycles. The lowest BCUT2D eigenvalue weighted by atomic mass is 9.74. The minimum atomic E-state index is -0.622. The molecule has 5 heteroatoms. The Kier molecular flexibility index (Phi) is 3.61. The van der Waals surface area contributed by atoms with E-state index in [9.17, 15) is 5.11 Å². The van der Waals surface area contributed by atoms with Crippen LogP contribution in [0.3, 0.4) is 0 Å². The average Bonchev–Trinajstić information content (AvgIpc) is 2.53. The molecular formula is C12H19BrN2O2. The standard InChI is InChI=1S/C12H19BrN2O2/c1-4-15-10(11(13)8(2)14-15)7-12(16)5-9(6-12)17-3/h9,16H,4-7H2,1-3H3. The van der Waals surface area contributed by atoms with Crippen molar-refractivity contribution in [3.8, 4) is 0 Å². The third-order valence-corrected chi connectivity index (χ3v) is 4.53. The molecule has 0 spiro atoms. The molecule has 1 heterocycles. The predicted octanol–water partition coefficient (Wildman–Crippen LogP) is 2.06. The maximum absolute atomic E-state index is 10.4. The molecule has 1 fully saturated rings. The fourth-order valence-electron chi connectivity index (χ4n) is 2.45. The zero-order chi connectivity index (χ0) is 12.6. The summed E-state index contributed by atoms with van der Waals surface area (Å²) in [5.41, 5.74) is 1.44. The minimum Gasteiger partial charge on any atom is -0.389 e. The minimum absolute atomic E-state index is 0.206. The van der Waals surface area contributed by atoms with Crippen molar-refractivity contribution < 1.29 is 9.84 Å². The molecular weight excluding hydrogens is 284 g/mol. The second-order valence-electron chi connectivity index (χ2n) is 4.83. The lowest BCUT2D eigenvalue weighted by Gasteiger charge is -2.42. The Balaban J connectivity index is 2.14. The second kappa shape index (κ2) is 4.71. The van der Waals surface area contributed by atoms with Crippen LogP contribution in [0.5, 0.6) is 0 Å². The molecule has 0 aromatic carbocycles. The summed E-state index contributed by atoms with van der Waals surface area (Å²) in [5, 5.41) is 14.8. The first-order valence-corrected chi connectivity index (χ1v) is 6.75. The number of methoxy groups -OCH3 is 1. The van der Waals surface area contributed by atoms with Gasteiger partial charge in [-0.3, -0.25) is 4.68 Å². The molecule has 4 nitrogen and oxygen atoms in total. The van der Waals surface area contributed by atoms with Gasteiger partial charge in [-0.15, -0.1) is 0 Å². The molecule has 0 unspecified atom stereocenters. The van der Waals surface area contributed by atoms with Crippen molar-refractivity contribution in [3.63, 3.8) is 0 Å². The van der Waals surface area contributed by atoms with Crippen molar-refractivity contribution >= 4 is 15.9 Å². The number of nitrogens with zero attached hydrogens (tertiary/aromatic N) is 2. The van der Waals surface area contributed by atoms with Gasteiger partial charge in [0.25, 0.3) is 0 Å². The number of rotatable bonds is 4. The van der Waals surface area contributed by atoms with E-state index in [-0.39, 0.29) is 6.10 Å². The Morgan fingerprint density at radius 3 is 2.76 bits per heavy atom. The molecule has 0 atom stereocenters. The van der Waals surface area contributed by atoms with Crippen molar-refractivity contribution in [1.82, 2.24) is 9.78 Å². The highest BCUT2D eigenvalue weighted by molar-refractivity contribution is 9.10. The van der Waals surface area contributed by atoms with Crippen molar-refractivity contribution in [3.05, 3.63) is 15.9 Å². The van der Waals surface area contributed by atoms with Gasteiger partial charge in [-0.25, -0.2) is 0 Å². The van der Waals surface area contributed by atoms with Crippen LogP contribution in [-0.2, 0) is 17.7 Å². The lowest BCUT2D eigenvalue weighted by Crippen LogP contribution is -2.49. The van der Waals surface area contributed by atoms with Gasteiger partial charge in [-0.05, 0) is 29.8 Å². The maximum Gasteiger partial charge on any atom is 0.0752 e.